The van der Waals surface area contributed by atoms with Crippen LogP contribution in [0.1, 0.15) is 47.5 Å². The summed E-state index contributed by atoms with van der Waals surface area (Å²) in [7, 11) is 0. The number of carbonyl (C=O) groups excluding carboxylic acids is 4. The van der Waals surface area contributed by atoms with Crippen molar-refractivity contribution in [3.05, 3.63) is 24.3 Å². The van der Waals surface area contributed by atoms with Crippen molar-refractivity contribution in [3.63, 3.8) is 0 Å². The molecule has 0 radical (unpaired) electrons. The maximum atomic E-state index is 14.0. The molecule has 4 amide bonds. The Morgan fingerprint density at radius 3 is 2.59 bits per heavy atom. The molecule has 3 aliphatic heterocycles. The maximum absolute atomic E-state index is 14.0. The van der Waals surface area contributed by atoms with Gasteiger partial charge in [0.1, 0.15) is 23.9 Å². The zero-order chi connectivity index (χ0) is 29.7. The highest BCUT2D eigenvalue weighted by molar-refractivity contribution is 5.98. The van der Waals surface area contributed by atoms with E-state index in [9.17, 15) is 24.4 Å². The maximum Gasteiger partial charge on any atom is 0.265 e. The molecule has 11 nitrogen and oxygen atoms in total. The molecule has 3 N–H and O–H groups in total. The van der Waals surface area contributed by atoms with Crippen molar-refractivity contribution in [1.29, 1.82) is 5.26 Å². The van der Waals surface area contributed by atoms with E-state index in [4.69, 9.17) is 9.47 Å². The van der Waals surface area contributed by atoms with Crippen LogP contribution in [-0.2, 0) is 23.9 Å². The minimum atomic E-state index is -1.01. The predicted octanol–water partition coefficient (Wildman–Crippen LogP) is 1.83. The molecule has 1 aliphatic carbocycles. The molecule has 220 valence electrons. The van der Waals surface area contributed by atoms with Crippen molar-refractivity contribution in [3.8, 4) is 11.8 Å². The second kappa shape index (κ2) is 10.6. The minimum absolute atomic E-state index is 0.0509. The van der Waals surface area contributed by atoms with Gasteiger partial charge in [-0.1, -0.05) is 46.8 Å². The number of hydrogen-bond donors (Lipinski definition) is 3. The minimum Gasteiger partial charge on any atom is -0.478 e. The normalized spacial score (nSPS) is 29.1. The standard InChI is InChI=1S/C30H39N5O6/c1-29(2,3)24(34-25(36)16-10-11-40-15-16)28(39)35-14-18-22(30(18,4)5)23(35)27(38)32-17(13-31)12-21-26(37)33-19-8-6-7-9-20(19)41-21/h6-9,16-18,21-24H,10-12,14-15H2,1-5H3,(H,32,38)(H,33,37)(H,34,36)/t16-,17+,18+,21+,22+,23+,24-/m1/s1. The van der Waals surface area contributed by atoms with Crippen LogP contribution in [0.25, 0.3) is 0 Å². The van der Waals surface area contributed by atoms with Gasteiger partial charge in [-0.2, -0.15) is 5.26 Å². The number of nitriles is 1. The first-order valence-corrected chi connectivity index (χ1v) is 14.3. The van der Waals surface area contributed by atoms with Gasteiger partial charge in [0.2, 0.25) is 17.7 Å². The van der Waals surface area contributed by atoms with Gasteiger partial charge in [-0.3, -0.25) is 19.2 Å². The molecule has 1 aromatic carbocycles. The molecule has 1 aromatic rings. The summed E-state index contributed by atoms with van der Waals surface area (Å²) < 4.78 is 11.2. The second-order valence-corrected chi connectivity index (χ2v) is 13.3. The topological polar surface area (TPSA) is 150 Å². The SMILES string of the molecule is CC(C)(C)[C@H](NC(=O)[C@@H]1CCOC1)C(=O)N1C[C@H]2[C@@H]([C@H]1C(=O)N[C@H](C#N)C[C@@H]1Oc3ccccc3NC1=O)C2(C)C. The Labute approximate surface area is 240 Å². The highest BCUT2D eigenvalue weighted by Gasteiger charge is 2.69. The van der Waals surface area contributed by atoms with Crippen molar-refractivity contribution in [2.45, 2.75) is 71.7 Å². The molecule has 4 aliphatic rings. The molecule has 0 bridgehead atoms. The Bertz CT molecular complexity index is 1280. The van der Waals surface area contributed by atoms with E-state index in [1.807, 2.05) is 20.8 Å². The van der Waals surface area contributed by atoms with Crippen molar-refractivity contribution in [1.82, 2.24) is 15.5 Å². The van der Waals surface area contributed by atoms with Crippen LogP contribution in [0.4, 0.5) is 5.69 Å². The number of piperidine rings is 1. The van der Waals surface area contributed by atoms with E-state index in [2.05, 4.69) is 35.9 Å². The Morgan fingerprint density at radius 2 is 1.93 bits per heavy atom. The van der Waals surface area contributed by atoms with Crippen LogP contribution in [0.2, 0.25) is 0 Å². The van der Waals surface area contributed by atoms with Crippen molar-refractivity contribution in [2.24, 2.45) is 28.6 Å². The fourth-order valence-corrected chi connectivity index (χ4v) is 6.49. The van der Waals surface area contributed by atoms with Crippen molar-refractivity contribution in [2.75, 3.05) is 25.1 Å². The molecule has 3 heterocycles. The van der Waals surface area contributed by atoms with Gasteiger partial charge in [0, 0.05) is 19.6 Å². The van der Waals surface area contributed by atoms with Crippen LogP contribution in [-0.4, -0.2) is 72.5 Å². The highest BCUT2D eigenvalue weighted by atomic mass is 16.5. The average molecular weight is 566 g/mol. The van der Waals surface area contributed by atoms with Crippen LogP contribution in [0.3, 0.4) is 0 Å². The van der Waals surface area contributed by atoms with Gasteiger partial charge in [-0.05, 0) is 41.2 Å². The lowest BCUT2D eigenvalue weighted by Crippen LogP contribution is -2.60. The van der Waals surface area contributed by atoms with Crippen LogP contribution in [0.5, 0.6) is 5.75 Å². The molecule has 0 unspecified atom stereocenters. The number of nitrogens with one attached hydrogen (secondary N) is 3. The monoisotopic (exact) mass is 565 g/mol. The Morgan fingerprint density at radius 1 is 1.20 bits per heavy atom. The number of ether oxygens (including phenoxy) is 2. The van der Waals surface area contributed by atoms with Gasteiger partial charge in [0.05, 0.1) is 24.3 Å². The Hall–Kier alpha value is -3.65. The average Bonchev–Trinajstić information content (AvgIpc) is 3.36. The van der Waals surface area contributed by atoms with E-state index < -0.39 is 41.5 Å². The fourth-order valence-electron chi connectivity index (χ4n) is 6.49. The van der Waals surface area contributed by atoms with Crippen molar-refractivity contribution >= 4 is 29.3 Å². The second-order valence-electron chi connectivity index (χ2n) is 13.3. The smallest absolute Gasteiger partial charge is 0.265 e. The summed E-state index contributed by atoms with van der Waals surface area (Å²) in [5.41, 5.74) is -0.194. The predicted molar refractivity (Wildman–Crippen MR) is 148 cm³/mol. The third kappa shape index (κ3) is 5.49. The van der Waals surface area contributed by atoms with E-state index in [-0.39, 0.29) is 41.4 Å². The van der Waals surface area contributed by atoms with Gasteiger partial charge in [-0.15, -0.1) is 0 Å². The molecule has 1 saturated carbocycles. The highest BCUT2D eigenvalue weighted by Crippen LogP contribution is 2.65. The number of amides is 4. The summed E-state index contributed by atoms with van der Waals surface area (Å²) in [6.07, 6.45) is -0.403. The summed E-state index contributed by atoms with van der Waals surface area (Å²) in [6, 6.07) is 6.45. The van der Waals surface area contributed by atoms with Crippen LogP contribution in [0, 0.1) is 39.9 Å². The van der Waals surface area contributed by atoms with Gasteiger partial charge in [-0.25, -0.2) is 0 Å². The largest absolute Gasteiger partial charge is 0.478 e. The molecule has 5 rings (SSSR count). The molecule has 41 heavy (non-hydrogen) atoms. The van der Waals surface area contributed by atoms with E-state index in [0.717, 1.165) is 0 Å². The van der Waals surface area contributed by atoms with Crippen LogP contribution in [0.15, 0.2) is 24.3 Å². The van der Waals surface area contributed by atoms with Gasteiger partial charge < -0.3 is 30.3 Å². The lowest BCUT2D eigenvalue weighted by atomic mass is 9.84. The summed E-state index contributed by atoms with van der Waals surface area (Å²) in [6.45, 7) is 11.0. The lowest BCUT2D eigenvalue weighted by Gasteiger charge is -2.38. The molecule has 3 fully saturated rings. The summed E-state index contributed by atoms with van der Waals surface area (Å²) in [5.74, 6) is -1.13. The van der Waals surface area contributed by atoms with Crippen molar-refractivity contribution < 1.29 is 28.7 Å². The number of hydrogen-bond acceptors (Lipinski definition) is 7. The molecule has 2 saturated heterocycles. The molecular weight excluding hydrogens is 526 g/mol. The van der Waals surface area contributed by atoms with Gasteiger partial charge >= 0.3 is 0 Å². The van der Waals surface area contributed by atoms with E-state index in [1.165, 1.54) is 0 Å². The first-order chi connectivity index (χ1) is 19.3. The molecule has 0 spiro atoms. The number of benzene rings is 1. The van der Waals surface area contributed by atoms with Gasteiger partial charge in [0.15, 0.2) is 6.10 Å². The van der Waals surface area contributed by atoms with E-state index >= 15 is 0 Å². The first kappa shape index (κ1) is 28.9. The number of rotatable bonds is 7. The number of carbonyl (C=O) groups is 4. The number of likely N-dealkylation sites (tertiary alicyclic amines) is 1. The molecular formula is C30H39N5O6. The zero-order valence-corrected chi connectivity index (χ0v) is 24.2. The third-order valence-corrected chi connectivity index (χ3v) is 9.09. The molecule has 0 aromatic heterocycles. The van der Waals surface area contributed by atoms with Crippen LogP contribution < -0.4 is 20.7 Å². The first-order valence-electron chi connectivity index (χ1n) is 14.3. The Kier molecular flexibility index (Phi) is 7.49. The lowest BCUT2D eigenvalue weighted by molar-refractivity contribution is -0.146. The van der Waals surface area contributed by atoms with E-state index in [1.54, 1.807) is 29.2 Å². The summed E-state index contributed by atoms with van der Waals surface area (Å²) >= 11 is 0. The molecule has 11 heteroatoms. The number of anilines is 1. The van der Waals surface area contributed by atoms with E-state index in [0.29, 0.717) is 37.6 Å². The van der Waals surface area contributed by atoms with Crippen LogP contribution >= 0.6 is 0 Å². The fraction of sp³-hybridized carbons (Fsp3) is 0.633. The zero-order valence-electron chi connectivity index (χ0n) is 24.2. The quantitative estimate of drug-likeness (QED) is 0.457. The van der Waals surface area contributed by atoms with Gasteiger partial charge in [0.25, 0.3) is 5.91 Å². The number of para-hydroxylation sites is 2. The Balaban J connectivity index is 1.31. The summed E-state index contributed by atoms with van der Waals surface area (Å²) in [5, 5.41) is 18.4. The number of fused-ring (bicyclic) bond motifs is 2. The summed E-state index contributed by atoms with van der Waals surface area (Å²) in [4.78, 5) is 55.0. The third-order valence-electron chi connectivity index (χ3n) is 9.09. The molecule has 7 atom stereocenters. The number of nitrogens with zero attached hydrogens (tertiary/aromatic N) is 2.